The first-order valence-corrected chi connectivity index (χ1v) is 24.6. The molecule has 1 atom stereocenters. The number of rotatable bonds is 25. The first kappa shape index (κ1) is 56.0. The fourth-order valence-electron chi connectivity index (χ4n) is 7.81. The van der Waals surface area contributed by atoms with Gasteiger partial charge in [-0.2, -0.15) is 10.2 Å². The third-order valence-corrected chi connectivity index (χ3v) is 12.9. The van der Waals surface area contributed by atoms with Crippen LogP contribution in [0, 0.1) is 28.0 Å². The fourth-order valence-corrected chi connectivity index (χ4v) is 9.13. The van der Waals surface area contributed by atoms with Crippen molar-refractivity contribution in [3.63, 3.8) is 0 Å². The first-order valence-electron chi connectivity index (χ1n) is 22.3. The molecule has 19 nitrogen and oxygen atoms in total. The second-order valence-electron chi connectivity index (χ2n) is 17.3. The molecule has 0 radical (unpaired) electrons. The van der Waals surface area contributed by atoms with Crippen LogP contribution in [0.25, 0.3) is 0 Å². The molecule has 0 spiro atoms. The lowest BCUT2D eigenvalue weighted by Crippen LogP contribution is -2.63. The van der Waals surface area contributed by atoms with E-state index in [4.69, 9.17) is 46.7 Å². The number of nitrogens with zero attached hydrogens (tertiary/aromatic N) is 6. The molecule has 7 N–H and O–H groups in total. The van der Waals surface area contributed by atoms with Crippen molar-refractivity contribution in [2.45, 2.75) is 45.1 Å². The van der Waals surface area contributed by atoms with Gasteiger partial charge in [0.15, 0.2) is 0 Å². The molecule has 5 aromatic rings. The Labute approximate surface area is 428 Å². The predicted octanol–water partition coefficient (Wildman–Crippen LogP) is 7.04. The molecule has 2 amide bonds. The summed E-state index contributed by atoms with van der Waals surface area (Å²) in [6.07, 6.45) is 5.67. The molecule has 0 bridgehead atoms. The van der Waals surface area contributed by atoms with Crippen molar-refractivity contribution in [2.75, 3.05) is 88.5 Å². The summed E-state index contributed by atoms with van der Waals surface area (Å²) in [7, 11) is 0.409. The van der Waals surface area contributed by atoms with Gasteiger partial charge < -0.3 is 50.6 Å². The van der Waals surface area contributed by atoms with Crippen LogP contribution in [0.5, 0.6) is 5.75 Å². The highest BCUT2D eigenvalue weighted by Crippen LogP contribution is 2.53. The molecular weight excluding hydrogens is 1030 g/mol. The van der Waals surface area contributed by atoms with Gasteiger partial charge in [0.05, 0.1) is 89.6 Å². The number of aromatic nitrogens is 4. The van der Waals surface area contributed by atoms with Crippen LogP contribution in [0.3, 0.4) is 0 Å². The SMILES string of the molecule is CN(CCOCCOCCOCCOCCNS(=O)c1ccc(Nc2ncc(Br)c(Nc3cccc(F)c3C(N)=O)n2)cc1)c1ncc(C(=O)NC2C(C)(C)CC2(C)C)cn1.N#Cc1ccc(O)cc1Cl. The Morgan fingerprint density at radius 1 is 0.915 bits per heavy atom. The smallest absolute Gasteiger partial charge is 0.254 e. The van der Waals surface area contributed by atoms with Crippen molar-refractivity contribution >= 4 is 79.4 Å². The summed E-state index contributed by atoms with van der Waals surface area (Å²) in [5.41, 5.74) is 6.81. The normalized spacial score (nSPS) is 14.0. The van der Waals surface area contributed by atoms with Crippen molar-refractivity contribution in [3.05, 3.63) is 111 Å². The first-order chi connectivity index (χ1) is 33.9. The number of phenolic OH excluding ortho intramolecular Hbond substituents is 1. The largest absolute Gasteiger partial charge is 0.508 e. The van der Waals surface area contributed by atoms with E-state index in [9.17, 15) is 18.2 Å². The third-order valence-electron chi connectivity index (χ3n) is 10.8. The number of nitriles is 1. The number of hydrogen-bond donors (Lipinski definition) is 6. The van der Waals surface area contributed by atoms with E-state index in [0.717, 1.165) is 12.5 Å². The van der Waals surface area contributed by atoms with E-state index in [0.29, 0.717) is 98.1 Å². The zero-order valence-electron chi connectivity index (χ0n) is 40.0. The number of carbonyl (C=O) groups excluding carboxylic acids is 2. The lowest BCUT2D eigenvalue weighted by molar-refractivity contribution is -0.0366. The van der Waals surface area contributed by atoms with Gasteiger partial charge in [0, 0.05) is 50.5 Å². The Morgan fingerprint density at radius 3 is 2.13 bits per heavy atom. The molecule has 1 saturated carbocycles. The van der Waals surface area contributed by atoms with Crippen LogP contribution in [0.15, 0.2) is 88.6 Å². The maximum atomic E-state index is 14.2. The van der Waals surface area contributed by atoms with Gasteiger partial charge in [-0.3, -0.25) is 9.59 Å². The molecular formula is C48H58BrClFN11O8S. The molecule has 1 aliphatic carbocycles. The van der Waals surface area contributed by atoms with Gasteiger partial charge >= 0.3 is 0 Å². The topological polar surface area (TPSA) is 261 Å². The van der Waals surface area contributed by atoms with Gasteiger partial charge in [-0.25, -0.2) is 28.3 Å². The van der Waals surface area contributed by atoms with Gasteiger partial charge in [-0.05, 0) is 87.8 Å². The average molecular weight is 1080 g/mol. The van der Waals surface area contributed by atoms with Crippen molar-refractivity contribution < 1.29 is 42.2 Å². The number of nitrogens with one attached hydrogen (secondary N) is 4. The van der Waals surface area contributed by atoms with Crippen molar-refractivity contribution in [1.29, 1.82) is 5.26 Å². The lowest BCUT2D eigenvalue weighted by atomic mass is 9.52. The molecule has 71 heavy (non-hydrogen) atoms. The van der Waals surface area contributed by atoms with Crippen LogP contribution in [-0.4, -0.2) is 120 Å². The molecule has 1 aliphatic rings. The number of carbonyl (C=O) groups is 2. The van der Waals surface area contributed by atoms with Gasteiger partial charge in [0.1, 0.15) is 34.4 Å². The van der Waals surface area contributed by atoms with Crippen LogP contribution in [0.2, 0.25) is 5.02 Å². The monoisotopic (exact) mass is 1080 g/mol. The number of benzene rings is 3. The third kappa shape index (κ3) is 17.1. The number of anilines is 5. The molecule has 0 aliphatic heterocycles. The quantitative estimate of drug-likeness (QED) is 0.0320. The van der Waals surface area contributed by atoms with Crippen LogP contribution < -0.4 is 31.3 Å². The van der Waals surface area contributed by atoms with E-state index in [1.807, 2.05) is 18.0 Å². The minimum Gasteiger partial charge on any atom is -0.508 e. The maximum absolute atomic E-state index is 14.2. The van der Waals surface area contributed by atoms with E-state index in [1.165, 1.54) is 36.5 Å². The van der Waals surface area contributed by atoms with E-state index in [-0.39, 0.29) is 56.6 Å². The minimum absolute atomic E-state index is 0.0626. The second-order valence-corrected chi connectivity index (χ2v) is 19.9. The highest BCUT2D eigenvalue weighted by molar-refractivity contribution is 9.10. The Bertz CT molecular complexity index is 2620. The lowest BCUT2D eigenvalue weighted by Gasteiger charge is -2.57. The molecule has 3 aromatic carbocycles. The highest BCUT2D eigenvalue weighted by Gasteiger charge is 2.53. The number of nitrogens with two attached hydrogens (primary N) is 1. The predicted molar refractivity (Wildman–Crippen MR) is 272 cm³/mol. The summed E-state index contributed by atoms with van der Waals surface area (Å²) in [4.78, 5) is 44.4. The van der Waals surface area contributed by atoms with Gasteiger partial charge in [0.25, 0.3) is 11.8 Å². The number of primary amides is 1. The number of halogens is 3. The number of ether oxygens (including phenoxy) is 4. The summed E-state index contributed by atoms with van der Waals surface area (Å²) in [6.45, 7) is 12.9. The zero-order valence-corrected chi connectivity index (χ0v) is 43.1. The molecule has 2 heterocycles. The summed E-state index contributed by atoms with van der Waals surface area (Å²) in [5, 5.41) is 26.7. The number of likely N-dealkylation sites (N-methyl/N-ethyl adjacent to an activating group) is 1. The molecule has 6 rings (SSSR count). The Hall–Kier alpha value is -5.90. The number of phenols is 1. The number of hydrogen-bond acceptors (Lipinski definition) is 16. The Kier molecular flexibility index (Phi) is 21.4. The van der Waals surface area contributed by atoms with E-state index in [1.54, 1.807) is 36.7 Å². The van der Waals surface area contributed by atoms with Crippen LogP contribution in [0.4, 0.5) is 33.5 Å². The van der Waals surface area contributed by atoms with E-state index >= 15 is 0 Å². The molecule has 1 fully saturated rings. The van der Waals surface area contributed by atoms with E-state index in [2.05, 4.69) is 84.2 Å². The fraction of sp³-hybridized carbons (Fsp3) is 0.396. The highest BCUT2D eigenvalue weighted by atomic mass is 79.9. The van der Waals surface area contributed by atoms with Crippen molar-refractivity contribution in [2.24, 2.45) is 16.6 Å². The van der Waals surface area contributed by atoms with Crippen LogP contribution in [-0.2, 0) is 29.9 Å². The molecule has 0 saturated heterocycles. The van der Waals surface area contributed by atoms with Crippen LogP contribution >= 0.6 is 27.5 Å². The average Bonchev–Trinajstić information content (AvgIpc) is 3.33. The number of aromatic hydroxyl groups is 1. The van der Waals surface area contributed by atoms with Crippen molar-refractivity contribution in [1.82, 2.24) is 30.0 Å². The minimum atomic E-state index is -1.46. The number of amides is 2. The van der Waals surface area contributed by atoms with E-state index < -0.39 is 22.7 Å². The summed E-state index contributed by atoms with van der Waals surface area (Å²) in [5.74, 6) is -0.736. The summed E-state index contributed by atoms with van der Waals surface area (Å²) >= 11 is 8.90. The maximum Gasteiger partial charge on any atom is 0.254 e. The zero-order chi connectivity index (χ0) is 51.6. The Morgan fingerprint density at radius 2 is 1.54 bits per heavy atom. The molecule has 2 aromatic heterocycles. The standard InChI is InChI=1S/C41H54BrFN10O7S.C7H4ClNO/c1-40(2)26-41(3,4)37(40)52-36(55)27-23-46-39(47-24-27)53(5)14-16-58-18-20-60-22-21-59-19-17-57-15-13-48-61(56)29-11-9-28(10-12-29)49-38-45-25-30(42)35(51-38)50-32-8-6-7-31(43)33(32)34(44)54;8-7-3-6(10)2-1-5(7)4-9/h6-12,23-25,37,48H,13-22,26H2,1-5H3,(H2,44,54)(H,52,55)(H2,45,49,50,51);1-3,10H. The molecule has 23 heteroatoms. The van der Waals surface area contributed by atoms with Crippen molar-refractivity contribution in [3.8, 4) is 11.8 Å². The second kappa shape index (κ2) is 27.1. The molecule has 1 unspecified atom stereocenters. The summed E-state index contributed by atoms with van der Waals surface area (Å²) < 4.78 is 52.7. The Balaban J connectivity index is 0.000000833. The van der Waals surface area contributed by atoms with Crippen LogP contribution in [0.1, 0.15) is 60.4 Å². The van der Waals surface area contributed by atoms with Gasteiger partial charge in [0.2, 0.25) is 11.9 Å². The van der Waals surface area contributed by atoms with Gasteiger partial charge in [-0.15, -0.1) is 0 Å². The summed E-state index contributed by atoms with van der Waals surface area (Å²) in [6, 6.07) is 17.2. The molecule has 380 valence electrons. The van der Waals surface area contributed by atoms with Gasteiger partial charge in [-0.1, -0.05) is 45.4 Å².